The Morgan fingerprint density at radius 1 is 1.22 bits per heavy atom. The molecule has 0 aliphatic heterocycles. The zero-order valence-corrected chi connectivity index (χ0v) is 11.8. The summed E-state index contributed by atoms with van der Waals surface area (Å²) < 4.78 is 37.8. The van der Waals surface area contributed by atoms with Crippen LogP contribution in [0, 0.1) is 5.82 Å². The highest BCUT2D eigenvalue weighted by Gasteiger charge is 2.17. The van der Waals surface area contributed by atoms with Crippen molar-refractivity contribution >= 4 is 21.6 Å². The summed E-state index contributed by atoms with van der Waals surface area (Å²) in [6, 6.07) is 5.81. The predicted molar refractivity (Wildman–Crippen MR) is 71.6 cm³/mol. The Morgan fingerprint density at radius 2 is 1.83 bits per heavy atom. The molecule has 6 heteroatoms. The molecular weight excluding hydrogens is 277 g/mol. The molecule has 0 spiro atoms. The average molecular weight is 294 g/mol. The Labute approximate surface area is 113 Å². The number of nitrogens with zero attached hydrogens (tertiary/aromatic N) is 1. The standard InChI is InChI=1S/C12H17ClFNO2S/c1-15(18(16,17)9-3-2-8-13)10-11-4-6-12(14)7-5-11/h4-7H,2-3,8-10H2,1H3. The van der Waals surface area contributed by atoms with E-state index < -0.39 is 10.0 Å². The predicted octanol–water partition coefficient (Wildman–Crippen LogP) is 2.61. The molecule has 0 aliphatic rings. The van der Waals surface area contributed by atoms with Gasteiger partial charge in [-0.25, -0.2) is 17.1 Å². The van der Waals surface area contributed by atoms with E-state index in [4.69, 9.17) is 11.6 Å². The minimum Gasteiger partial charge on any atom is -0.212 e. The van der Waals surface area contributed by atoms with Crippen molar-refractivity contribution in [2.75, 3.05) is 18.7 Å². The first-order chi connectivity index (χ1) is 8.45. The Morgan fingerprint density at radius 3 is 2.39 bits per heavy atom. The van der Waals surface area contributed by atoms with E-state index in [1.165, 1.54) is 23.5 Å². The second kappa shape index (κ2) is 7.07. The minimum atomic E-state index is -3.26. The lowest BCUT2D eigenvalue weighted by Gasteiger charge is -2.17. The summed E-state index contributed by atoms with van der Waals surface area (Å²) in [6.45, 7) is 0.253. The largest absolute Gasteiger partial charge is 0.214 e. The lowest BCUT2D eigenvalue weighted by Crippen LogP contribution is -2.28. The first-order valence-corrected chi connectivity index (χ1v) is 7.84. The smallest absolute Gasteiger partial charge is 0.212 e. The summed E-state index contributed by atoms with van der Waals surface area (Å²) in [5.41, 5.74) is 0.764. The number of hydrogen-bond acceptors (Lipinski definition) is 2. The van der Waals surface area contributed by atoms with Crippen molar-refractivity contribution in [2.24, 2.45) is 0 Å². The van der Waals surface area contributed by atoms with Gasteiger partial charge in [-0.05, 0) is 30.5 Å². The van der Waals surface area contributed by atoms with E-state index in [9.17, 15) is 12.8 Å². The maximum atomic E-state index is 12.7. The van der Waals surface area contributed by atoms with E-state index in [2.05, 4.69) is 0 Å². The number of hydrogen-bond donors (Lipinski definition) is 0. The Kier molecular flexibility index (Phi) is 6.05. The number of halogens is 2. The molecule has 0 saturated carbocycles. The summed E-state index contributed by atoms with van der Waals surface area (Å²) in [5.74, 6) is 0.237. The van der Waals surface area contributed by atoms with Crippen LogP contribution in [-0.4, -0.2) is 31.4 Å². The van der Waals surface area contributed by atoms with Gasteiger partial charge >= 0.3 is 0 Å². The van der Waals surface area contributed by atoms with Crippen LogP contribution in [-0.2, 0) is 16.6 Å². The number of benzene rings is 1. The van der Waals surface area contributed by atoms with E-state index >= 15 is 0 Å². The summed E-state index contributed by atoms with van der Waals surface area (Å²) in [7, 11) is -1.73. The van der Waals surface area contributed by atoms with Crippen molar-refractivity contribution in [1.29, 1.82) is 0 Å². The van der Waals surface area contributed by atoms with Crippen molar-refractivity contribution < 1.29 is 12.8 Å². The topological polar surface area (TPSA) is 37.4 Å². The van der Waals surface area contributed by atoms with Gasteiger partial charge in [0, 0.05) is 19.5 Å². The second-order valence-corrected chi connectivity index (χ2v) is 6.67. The first-order valence-electron chi connectivity index (χ1n) is 5.70. The molecule has 0 unspecified atom stereocenters. The van der Waals surface area contributed by atoms with E-state index in [-0.39, 0.29) is 18.1 Å². The maximum Gasteiger partial charge on any atom is 0.214 e. The highest BCUT2D eigenvalue weighted by Crippen LogP contribution is 2.10. The Bertz CT molecular complexity index is 461. The van der Waals surface area contributed by atoms with Crippen molar-refractivity contribution in [3.05, 3.63) is 35.6 Å². The van der Waals surface area contributed by atoms with Crippen molar-refractivity contribution in [1.82, 2.24) is 4.31 Å². The van der Waals surface area contributed by atoms with Crippen LogP contribution in [0.1, 0.15) is 18.4 Å². The molecule has 0 aromatic heterocycles. The van der Waals surface area contributed by atoms with Gasteiger partial charge in [-0.1, -0.05) is 12.1 Å². The lowest BCUT2D eigenvalue weighted by molar-refractivity contribution is 0.464. The molecule has 1 aromatic carbocycles. The Hall–Kier alpha value is -0.650. The highest BCUT2D eigenvalue weighted by atomic mass is 35.5. The quantitative estimate of drug-likeness (QED) is 0.572. The lowest BCUT2D eigenvalue weighted by atomic mass is 10.2. The van der Waals surface area contributed by atoms with Gasteiger partial charge in [-0.15, -0.1) is 11.6 Å². The van der Waals surface area contributed by atoms with E-state index in [0.717, 1.165) is 5.56 Å². The monoisotopic (exact) mass is 293 g/mol. The molecule has 0 saturated heterocycles. The number of alkyl halides is 1. The molecule has 0 heterocycles. The van der Waals surface area contributed by atoms with Gasteiger partial charge in [0.1, 0.15) is 5.82 Å². The number of unbranched alkanes of at least 4 members (excludes halogenated alkanes) is 1. The highest BCUT2D eigenvalue weighted by molar-refractivity contribution is 7.89. The van der Waals surface area contributed by atoms with Crippen LogP contribution in [0.25, 0.3) is 0 Å². The molecule has 0 radical (unpaired) electrons. The first kappa shape index (κ1) is 15.4. The van der Waals surface area contributed by atoms with Gasteiger partial charge in [-0.3, -0.25) is 0 Å². The average Bonchev–Trinajstić information content (AvgIpc) is 2.32. The molecule has 1 aromatic rings. The molecule has 0 N–H and O–H groups in total. The zero-order chi connectivity index (χ0) is 13.6. The van der Waals surface area contributed by atoms with Gasteiger partial charge in [-0.2, -0.15) is 0 Å². The third-order valence-corrected chi connectivity index (χ3v) is 4.73. The van der Waals surface area contributed by atoms with E-state index in [1.807, 2.05) is 0 Å². The number of rotatable bonds is 7. The fourth-order valence-electron chi connectivity index (χ4n) is 1.48. The van der Waals surface area contributed by atoms with Gasteiger partial charge in [0.15, 0.2) is 0 Å². The van der Waals surface area contributed by atoms with Crippen molar-refractivity contribution in [3.8, 4) is 0 Å². The second-order valence-electron chi connectivity index (χ2n) is 4.09. The van der Waals surface area contributed by atoms with Crippen LogP contribution < -0.4 is 0 Å². The molecule has 102 valence electrons. The Balaban J connectivity index is 2.58. The van der Waals surface area contributed by atoms with Crippen molar-refractivity contribution in [2.45, 2.75) is 19.4 Å². The molecule has 0 bridgehead atoms. The van der Waals surface area contributed by atoms with Gasteiger partial charge in [0.2, 0.25) is 10.0 Å². The van der Waals surface area contributed by atoms with Crippen LogP contribution in [0.5, 0.6) is 0 Å². The van der Waals surface area contributed by atoms with Crippen LogP contribution in [0.15, 0.2) is 24.3 Å². The molecule has 0 amide bonds. The fourth-order valence-corrected chi connectivity index (χ4v) is 2.90. The van der Waals surface area contributed by atoms with E-state index in [1.54, 1.807) is 12.1 Å². The molecule has 0 aliphatic carbocycles. The molecule has 1 rings (SSSR count). The SMILES string of the molecule is CN(Cc1ccc(F)cc1)S(=O)(=O)CCCCCl. The molecule has 3 nitrogen and oxygen atoms in total. The van der Waals surface area contributed by atoms with Crippen molar-refractivity contribution in [3.63, 3.8) is 0 Å². The molecule has 18 heavy (non-hydrogen) atoms. The summed E-state index contributed by atoms with van der Waals surface area (Å²) >= 11 is 5.51. The van der Waals surface area contributed by atoms with Crippen LogP contribution >= 0.6 is 11.6 Å². The maximum absolute atomic E-state index is 12.7. The van der Waals surface area contributed by atoms with E-state index in [0.29, 0.717) is 18.7 Å². The minimum absolute atomic E-state index is 0.0947. The molecule has 0 atom stereocenters. The van der Waals surface area contributed by atoms with Crippen LogP contribution in [0.3, 0.4) is 0 Å². The summed E-state index contributed by atoms with van der Waals surface area (Å²) in [6.07, 6.45) is 1.24. The third-order valence-electron chi connectivity index (χ3n) is 2.58. The van der Waals surface area contributed by atoms with Crippen LogP contribution in [0.4, 0.5) is 4.39 Å². The van der Waals surface area contributed by atoms with Gasteiger partial charge < -0.3 is 0 Å². The third kappa shape index (κ3) is 4.92. The van der Waals surface area contributed by atoms with Crippen LogP contribution in [0.2, 0.25) is 0 Å². The van der Waals surface area contributed by atoms with Gasteiger partial charge in [0.05, 0.1) is 5.75 Å². The normalized spacial score (nSPS) is 12.0. The summed E-state index contributed by atoms with van der Waals surface area (Å²) in [5, 5.41) is 0. The molecular formula is C12H17ClFNO2S. The zero-order valence-electron chi connectivity index (χ0n) is 10.3. The fraction of sp³-hybridized carbons (Fsp3) is 0.500. The number of sulfonamides is 1. The van der Waals surface area contributed by atoms with Gasteiger partial charge in [0.25, 0.3) is 0 Å². The molecule has 0 fully saturated rings. The summed E-state index contributed by atoms with van der Waals surface area (Å²) in [4.78, 5) is 0.